The van der Waals surface area contributed by atoms with Crippen LogP contribution < -0.4 is 10.5 Å². The monoisotopic (exact) mass is 454 g/mol. The summed E-state index contributed by atoms with van der Waals surface area (Å²) in [7, 11) is -4.39. The van der Waals surface area contributed by atoms with Gasteiger partial charge in [0.15, 0.2) is 0 Å². The van der Waals surface area contributed by atoms with Crippen LogP contribution in [0.1, 0.15) is 40.5 Å². The van der Waals surface area contributed by atoms with Crippen LogP contribution in [-0.2, 0) is 24.3 Å². The van der Waals surface area contributed by atoms with Crippen LogP contribution in [0, 0.1) is 5.92 Å². The second kappa shape index (κ2) is 8.32. The molecule has 3 rings (SSSR count). The first-order valence-corrected chi connectivity index (χ1v) is 11.8. The van der Waals surface area contributed by atoms with E-state index < -0.39 is 46.0 Å². The summed E-state index contributed by atoms with van der Waals surface area (Å²) in [6.07, 6.45) is 3.06. The topological polar surface area (TPSA) is 144 Å². The lowest BCUT2D eigenvalue weighted by Gasteiger charge is -2.32. The number of rotatable bonds is 8. The summed E-state index contributed by atoms with van der Waals surface area (Å²) < 4.78 is 40.9. The van der Waals surface area contributed by atoms with Gasteiger partial charge >= 0.3 is 23.3 Å². The van der Waals surface area contributed by atoms with E-state index in [1.165, 1.54) is 12.3 Å². The number of anilines is 1. The van der Waals surface area contributed by atoms with E-state index in [4.69, 9.17) is 15.0 Å². The van der Waals surface area contributed by atoms with Crippen LogP contribution in [0.5, 0.6) is 0 Å². The lowest BCUT2D eigenvalue weighted by Crippen LogP contribution is -2.55. The van der Waals surface area contributed by atoms with E-state index in [-0.39, 0.29) is 18.9 Å². The first-order valence-electron chi connectivity index (χ1n) is 10.3. The van der Waals surface area contributed by atoms with Gasteiger partial charge in [-0.3, -0.25) is 9.52 Å². The molecule has 3 heterocycles. The van der Waals surface area contributed by atoms with Crippen molar-refractivity contribution in [1.29, 1.82) is 0 Å². The molecule has 2 atom stereocenters. The highest BCUT2D eigenvalue weighted by Crippen LogP contribution is 2.39. The Kier molecular flexibility index (Phi) is 6.42. The molecule has 4 N–H and O–H groups in total. The van der Waals surface area contributed by atoms with Gasteiger partial charge in [0.1, 0.15) is 11.4 Å². The van der Waals surface area contributed by atoms with Gasteiger partial charge in [-0.05, 0) is 52.6 Å². The molecule has 2 aliphatic heterocycles. The summed E-state index contributed by atoms with van der Waals surface area (Å²) in [6.45, 7) is 7.57. The molecule has 1 aromatic rings. The first kappa shape index (κ1) is 23.9. The van der Waals surface area contributed by atoms with Gasteiger partial charge in [0, 0.05) is 25.2 Å². The second-order valence-corrected chi connectivity index (χ2v) is 10.9. The van der Waals surface area contributed by atoms with Gasteiger partial charge in [0.25, 0.3) is 0 Å². The highest BCUT2D eigenvalue weighted by molar-refractivity contribution is 7.90. The van der Waals surface area contributed by atoms with Crippen LogP contribution in [0.15, 0.2) is 24.4 Å². The molecule has 0 saturated carbocycles. The summed E-state index contributed by atoms with van der Waals surface area (Å²) in [5, 5.41) is 9.74. The number of nitrogens with zero attached hydrogens (tertiary/aromatic N) is 2. The minimum atomic E-state index is -3.99. The molecule has 10 nitrogen and oxygen atoms in total. The summed E-state index contributed by atoms with van der Waals surface area (Å²) >= 11 is 0. The molecule has 0 aromatic carbocycles. The highest BCUT2D eigenvalue weighted by Gasteiger charge is 2.53. The number of carboxylic acids is 1. The van der Waals surface area contributed by atoms with Crippen molar-refractivity contribution in [1.82, 2.24) is 9.29 Å². The van der Waals surface area contributed by atoms with Gasteiger partial charge in [-0.1, -0.05) is 12.5 Å². The van der Waals surface area contributed by atoms with Crippen LogP contribution >= 0.6 is 0 Å². The Labute approximate surface area is 183 Å². The largest absolute Gasteiger partial charge is 0.480 e. The van der Waals surface area contributed by atoms with Crippen LogP contribution in [-0.4, -0.2) is 65.7 Å². The number of nitrogens with two attached hydrogens (primary N) is 1. The zero-order chi connectivity index (χ0) is 23.1. The minimum Gasteiger partial charge on any atom is -0.480 e. The molecule has 0 spiro atoms. The molecule has 0 bridgehead atoms. The fourth-order valence-electron chi connectivity index (χ4n) is 3.90. The molecule has 2 unspecified atom stereocenters. The van der Waals surface area contributed by atoms with Gasteiger partial charge < -0.3 is 20.1 Å². The number of nitrogens with one attached hydrogen (secondary N) is 1. The normalized spacial score (nSPS) is 28.0. The summed E-state index contributed by atoms with van der Waals surface area (Å²) in [4.78, 5) is 15.9. The Morgan fingerprint density at radius 1 is 1.32 bits per heavy atom. The smallest absolute Gasteiger partial charge is 0.457 e. The van der Waals surface area contributed by atoms with Crippen LogP contribution in [0.4, 0.5) is 5.82 Å². The SMILES string of the molecule is CC1(C)OB(CCCC2CN(S(=O)(=O)Nc3ccccn3)CC2(N)C(=O)O)OC1(C)C. The standard InChI is InChI=1S/C19H31BN4O6S/c1-17(2)18(3,4)30-20(29-17)10-7-8-14-12-24(13-19(14,21)16(25)26)31(27,28)23-15-9-5-6-11-22-15/h5-6,9,11,14H,7-8,10,12-13,21H2,1-4H3,(H,22,23)(H,25,26). The number of hydrogen-bond acceptors (Lipinski definition) is 7. The fourth-order valence-corrected chi connectivity index (χ4v) is 5.18. The second-order valence-electron chi connectivity index (χ2n) is 9.27. The number of pyridine rings is 1. The molecule has 0 aliphatic carbocycles. The Balaban J connectivity index is 1.64. The highest BCUT2D eigenvalue weighted by atomic mass is 32.2. The maximum atomic E-state index is 12.8. The molecule has 2 saturated heterocycles. The zero-order valence-electron chi connectivity index (χ0n) is 18.4. The maximum Gasteiger partial charge on any atom is 0.457 e. The minimum absolute atomic E-state index is 0.00827. The average molecular weight is 454 g/mol. The van der Waals surface area contributed by atoms with Gasteiger partial charge in [-0.15, -0.1) is 0 Å². The molecule has 2 fully saturated rings. The van der Waals surface area contributed by atoms with Crippen molar-refractivity contribution in [3.05, 3.63) is 24.4 Å². The van der Waals surface area contributed by atoms with Crippen molar-refractivity contribution in [2.45, 2.75) is 63.6 Å². The lowest BCUT2D eigenvalue weighted by atomic mass is 9.78. The molecular formula is C19H31BN4O6S. The first-order chi connectivity index (χ1) is 14.3. The third-order valence-electron chi connectivity index (χ3n) is 6.52. The average Bonchev–Trinajstić information content (AvgIpc) is 3.10. The molecular weight excluding hydrogens is 423 g/mol. The van der Waals surface area contributed by atoms with Crippen molar-refractivity contribution in [2.24, 2.45) is 11.7 Å². The molecule has 31 heavy (non-hydrogen) atoms. The van der Waals surface area contributed by atoms with E-state index in [2.05, 4.69) is 9.71 Å². The van der Waals surface area contributed by atoms with Crippen molar-refractivity contribution in [2.75, 3.05) is 17.8 Å². The van der Waals surface area contributed by atoms with Gasteiger partial charge in [0.2, 0.25) is 0 Å². The number of hydrogen-bond donors (Lipinski definition) is 3. The van der Waals surface area contributed by atoms with Crippen molar-refractivity contribution in [3.63, 3.8) is 0 Å². The Bertz CT molecular complexity index is 897. The Morgan fingerprint density at radius 2 is 1.97 bits per heavy atom. The number of carbonyl (C=O) groups is 1. The molecule has 12 heteroatoms. The predicted octanol–water partition coefficient (Wildman–Crippen LogP) is 1.32. The third-order valence-corrected chi connectivity index (χ3v) is 7.95. The van der Waals surface area contributed by atoms with E-state index in [9.17, 15) is 18.3 Å². The van der Waals surface area contributed by atoms with E-state index in [1.54, 1.807) is 12.1 Å². The van der Waals surface area contributed by atoms with E-state index >= 15 is 0 Å². The molecule has 0 amide bonds. The van der Waals surface area contributed by atoms with Gasteiger partial charge in [0.05, 0.1) is 11.2 Å². The van der Waals surface area contributed by atoms with Crippen LogP contribution in [0.2, 0.25) is 6.32 Å². The molecule has 1 aromatic heterocycles. The van der Waals surface area contributed by atoms with Crippen LogP contribution in [0.25, 0.3) is 0 Å². The quantitative estimate of drug-likeness (QED) is 0.499. The number of aromatic nitrogens is 1. The predicted molar refractivity (Wildman–Crippen MR) is 117 cm³/mol. The third kappa shape index (κ3) is 4.88. The lowest BCUT2D eigenvalue weighted by molar-refractivity contribution is -0.144. The molecule has 172 valence electrons. The Morgan fingerprint density at radius 3 is 2.52 bits per heavy atom. The number of aliphatic carboxylic acids is 1. The van der Waals surface area contributed by atoms with E-state index in [1.807, 2.05) is 27.7 Å². The number of carboxylic acid groups (broad SMARTS) is 1. The van der Waals surface area contributed by atoms with Crippen molar-refractivity contribution < 1.29 is 27.6 Å². The maximum absolute atomic E-state index is 12.8. The van der Waals surface area contributed by atoms with Crippen molar-refractivity contribution >= 4 is 29.1 Å². The Hall–Kier alpha value is -1.73. The van der Waals surface area contributed by atoms with E-state index in [0.717, 1.165) is 4.31 Å². The van der Waals surface area contributed by atoms with Gasteiger partial charge in [-0.2, -0.15) is 12.7 Å². The fraction of sp³-hybridized carbons (Fsp3) is 0.684. The summed E-state index contributed by atoms with van der Waals surface area (Å²) in [6, 6.07) is 4.83. The van der Waals surface area contributed by atoms with Crippen molar-refractivity contribution in [3.8, 4) is 0 Å². The van der Waals surface area contributed by atoms with Gasteiger partial charge in [-0.25, -0.2) is 4.98 Å². The van der Waals surface area contributed by atoms with E-state index in [0.29, 0.717) is 19.2 Å². The molecule has 2 aliphatic rings. The van der Waals surface area contributed by atoms with Crippen LogP contribution in [0.3, 0.4) is 0 Å². The zero-order valence-corrected chi connectivity index (χ0v) is 19.2. The molecule has 0 radical (unpaired) electrons. The summed E-state index contributed by atoms with van der Waals surface area (Å²) in [5.74, 6) is -1.61. The summed E-state index contributed by atoms with van der Waals surface area (Å²) in [5.41, 5.74) is 3.65.